The summed E-state index contributed by atoms with van der Waals surface area (Å²) in [4.78, 5) is 11.8. The van der Waals surface area contributed by atoms with Crippen molar-refractivity contribution >= 4 is 11.5 Å². The van der Waals surface area contributed by atoms with Gasteiger partial charge in [0.1, 0.15) is 0 Å². The zero-order valence-electron chi connectivity index (χ0n) is 8.58. The van der Waals surface area contributed by atoms with Crippen LogP contribution in [-0.4, -0.2) is 11.8 Å². The predicted molar refractivity (Wildman–Crippen MR) is 57.4 cm³/mol. The summed E-state index contributed by atoms with van der Waals surface area (Å²) >= 11 is 0. The van der Waals surface area contributed by atoms with Gasteiger partial charge in [0.15, 0.2) is 5.78 Å². The van der Waals surface area contributed by atoms with Crippen molar-refractivity contribution in [3.05, 3.63) is 29.8 Å². The number of fused-ring (bicyclic) bond motifs is 1. The molecule has 0 unspecified atom stereocenters. The van der Waals surface area contributed by atoms with E-state index in [1.54, 1.807) is 0 Å². The lowest BCUT2D eigenvalue weighted by atomic mass is 9.99. The highest BCUT2D eigenvalue weighted by Gasteiger charge is 2.27. The van der Waals surface area contributed by atoms with Crippen LogP contribution in [0.15, 0.2) is 24.3 Å². The summed E-state index contributed by atoms with van der Waals surface area (Å²) in [5, 5.41) is 3.27. The molecule has 0 aromatic heterocycles. The number of nitrogens with one attached hydrogen (secondary N) is 1. The summed E-state index contributed by atoms with van der Waals surface area (Å²) in [7, 11) is 0. The summed E-state index contributed by atoms with van der Waals surface area (Å²) in [5.74, 6) is 0.419. The van der Waals surface area contributed by atoms with Crippen molar-refractivity contribution in [1.29, 1.82) is 0 Å². The fourth-order valence-electron chi connectivity index (χ4n) is 1.87. The van der Waals surface area contributed by atoms with Crippen molar-refractivity contribution in [1.82, 2.24) is 0 Å². The van der Waals surface area contributed by atoms with Crippen LogP contribution in [0.3, 0.4) is 0 Å². The van der Waals surface area contributed by atoms with Crippen molar-refractivity contribution in [3.8, 4) is 0 Å². The Kier molecular flexibility index (Phi) is 2.28. The van der Waals surface area contributed by atoms with Gasteiger partial charge in [-0.2, -0.15) is 0 Å². The number of hydrogen-bond donors (Lipinski definition) is 1. The van der Waals surface area contributed by atoms with E-state index in [2.05, 4.69) is 11.4 Å². The number of para-hydroxylation sites is 1. The van der Waals surface area contributed by atoms with Crippen LogP contribution in [-0.2, 0) is 11.2 Å². The molecule has 74 valence electrons. The Hall–Kier alpha value is -1.31. The number of hydrogen-bond acceptors (Lipinski definition) is 2. The van der Waals surface area contributed by atoms with Gasteiger partial charge in [-0.1, -0.05) is 32.0 Å². The summed E-state index contributed by atoms with van der Waals surface area (Å²) < 4.78 is 0. The summed E-state index contributed by atoms with van der Waals surface area (Å²) in [6, 6.07) is 8.11. The van der Waals surface area contributed by atoms with E-state index < -0.39 is 0 Å². The fourth-order valence-corrected chi connectivity index (χ4v) is 1.87. The monoisotopic (exact) mass is 189 g/mol. The van der Waals surface area contributed by atoms with Gasteiger partial charge in [0.25, 0.3) is 0 Å². The molecule has 0 bridgehead atoms. The molecule has 1 atom stereocenters. The number of ketones is 1. The molecule has 1 aliphatic rings. The van der Waals surface area contributed by atoms with Gasteiger partial charge in [-0.15, -0.1) is 0 Å². The van der Waals surface area contributed by atoms with Gasteiger partial charge in [0, 0.05) is 18.0 Å². The van der Waals surface area contributed by atoms with E-state index in [9.17, 15) is 4.79 Å². The minimum atomic E-state index is -0.00704. The van der Waals surface area contributed by atoms with E-state index in [4.69, 9.17) is 0 Å². The summed E-state index contributed by atoms with van der Waals surface area (Å²) in [5.41, 5.74) is 2.37. The molecule has 2 rings (SSSR count). The largest absolute Gasteiger partial charge is 0.375 e. The van der Waals surface area contributed by atoms with E-state index in [1.807, 2.05) is 32.0 Å². The van der Waals surface area contributed by atoms with Crippen LogP contribution >= 0.6 is 0 Å². The van der Waals surface area contributed by atoms with Gasteiger partial charge >= 0.3 is 0 Å². The average Bonchev–Trinajstić information content (AvgIpc) is 2.59. The predicted octanol–water partition coefficient (Wildman–Crippen LogP) is 2.25. The smallest absolute Gasteiger partial charge is 0.157 e. The van der Waals surface area contributed by atoms with Crippen LogP contribution in [0.5, 0.6) is 0 Å². The quantitative estimate of drug-likeness (QED) is 0.773. The SMILES string of the molecule is CC(C)C(=O)[C@H]1Cc2ccccc2N1. The lowest BCUT2D eigenvalue weighted by Crippen LogP contribution is -2.30. The normalized spacial score (nSPS) is 19.2. The second-order valence-electron chi connectivity index (χ2n) is 4.12. The number of carbonyl (C=O) groups excluding carboxylic acids is 1. The first-order chi connectivity index (χ1) is 6.68. The zero-order chi connectivity index (χ0) is 10.1. The van der Waals surface area contributed by atoms with Crippen molar-refractivity contribution in [3.63, 3.8) is 0 Å². The van der Waals surface area contributed by atoms with Gasteiger partial charge in [0.2, 0.25) is 0 Å². The first kappa shape index (κ1) is 9.25. The Morgan fingerprint density at radius 3 is 2.79 bits per heavy atom. The molecule has 0 saturated heterocycles. The maximum atomic E-state index is 11.8. The van der Waals surface area contributed by atoms with Crippen molar-refractivity contribution in [2.45, 2.75) is 26.3 Å². The maximum Gasteiger partial charge on any atom is 0.157 e. The molecule has 2 heteroatoms. The highest BCUT2D eigenvalue weighted by molar-refractivity contribution is 5.90. The Balaban J connectivity index is 2.16. The van der Waals surface area contributed by atoms with E-state index >= 15 is 0 Å². The third kappa shape index (κ3) is 1.52. The standard InChI is InChI=1S/C12H15NO/c1-8(2)12(14)11-7-9-5-3-4-6-10(9)13-11/h3-6,8,11,13H,7H2,1-2H3/t11-/m1/s1. The summed E-state index contributed by atoms with van der Waals surface area (Å²) in [6.07, 6.45) is 0.840. The second-order valence-corrected chi connectivity index (χ2v) is 4.12. The Labute approximate surface area is 84.3 Å². The molecule has 1 N–H and O–H groups in total. The Morgan fingerprint density at radius 2 is 2.14 bits per heavy atom. The molecule has 1 aromatic carbocycles. The molecule has 0 radical (unpaired) electrons. The van der Waals surface area contributed by atoms with Gasteiger partial charge in [-0.3, -0.25) is 4.79 Å². The minimum absolute atomic E-state index is 0.00704. The number of benzene rings is 1. The highest BCUT2D eigenvalue weighted by atomic mass is 16.1. The first-order valence-electron chi connectivity index (χ1n) is 5.06. The molecule has 0 aliphatic carbocycles. The molecular formula is C12H15NO. The zero-order valence-corrected chi connectivity index (χ0v) is 8.58. The minimum Gasteiger partial charge on any atom is -0.375 e. The number of Topliss-reactive ketones (excluding diaryl/α,β-unsaturated/α-hetero) is 1. The van der Waals surface area contributed by atoms with E-state index in [1.165, 1.54) is 5.56 Å². The molecule has 0 saturated carbocycles. The number of carbonyl (C=O) groups is 1. The third-order valence-electron chi connectivity index (χ3n) is 2.68. The topological polar surface area (TPSA) is 29.1 Å². The molecule has 2 nitrogen and oxygen atoms in total. The third-order valence-corrected chi connectivity index (χ3v) is 2.68. The average molecular weight is 189 g/mol. The lowest BCUT2D eigenvalue weighted by Gasteiger charge is -2.12. The van der Waals surface area contributed by atoms with Crippen LogP contribution in [0.25, 0.3) is 0 Å². The number of anilines is 1. The van der Waals surface area contributed by atoms with E-state index in [-0.39, 0.29) is 12.0 Å². The highest BCUT2D eigenvalue weighted by Crippen LogP contribution is 2.26. The second kappa shape index (κ2) is 3.45. The maximum absolute atomic E-state index is 11.8. The fraction of sp³-hybridized carbons (Fsp3) is 0.417. The van der Waals surface area contributed by atoms with E-state index in [0.717, 1.165) is 12.1 Å². The van der Waals surface area contributed by atoms with Crippen LogP contribution in [0.4, 0.5) is 5.69 Å². The molecule has 0 amide bonds. The van der Waals surface area contributed by atoms with Crippen molar-refractivity contribution in [2.75, 3.05) is 5.32 Å². The molecule has 1 aromatic rings. The Morgan fingerprint density at radius 1 is 1.43 bits per heavy atom. The molecule has 0 spiro atoms. The van der Waals surface area contributed by atoms with Gasteiger partial charge < -0.3 is 5.32 Å². The van der Waals surface area contributed by atoms with Crippen LogP contribution in [0, 0.1) is 5.92 Å². The molecule has 14 heavy (non-hydrogen) atoms. The van der Waals surface area contributed by atoms with Crippen LogP contribution < -0.4 is 5.32 Å². The molecule has 1 aliphatic heterocycles. The first-order valence-corrected chi connectivity index (χ1v) is 5.06. The van der Waals surface area contributed by atoms with Gasteiger partial charge in [0.05, 0.1) is 6.04 Å². The van der Waals surface area contributed by atoms with E-state index in [0.29, 0.717) is 5.78 Å². The van der Waals surface area contributed by atoms with Crippen LogP contribution in [0.2, 0.25) is 0 Å². The molecule has 0 fully saturated rings. The van der Waals surface area contributed by atoms with Gasteiger partial charge in [-0.25, -0.2) is 0 Å². The Bertz CT molecular complexity index is 332. The van der Waals surface area contributed by atoms with Crippen molar-refractivity contribution < 1.29 is 4.79 Å². The molecule has 1 heterocycles. The summed E-state index contributed by atoms with van der Waals surface area (Å²) in [6.45, 7) is 3.90. The number of rotatable bonds is 2. The van der Waals surface area contributed by atoms with Crippen molar-refractivity contribution in [2.24, 2.45) is 5.92 Å². The molecular weight excluding hydrogens is 174 g/mol. The van der Waals surface area contributed by atoms with Gasteiger partial charge in [-0.05, 0) is 11.6 Å². The van der Waals surface area contributed by atoms with Crippen LogP contribution in [0.1, 0.15) is 19.4 Å². The lowest BCUT2D eigenvalue weighted by molar-refractivity contribution is -0.122.